The van der Waals surface area contributed by atoms with E-state index in [-0.39, 0.29) is 23.0 Å². The van der Waals surface area contributed by atoms with Crippen LogP contribution in [-0.4, -0.2) is 41.5 Å². The summed E-state index contributed by atoms with van der Waals surface area (Å²) in [6, 6.07) is 7.48. The number of ether oxygens (including phenoxy) is 1. The molecule has 1 N–H and O–H groups in total. The molecule has 0 aliphatic carbocycles. The molecule has 3 rings (SSSR count). The van der Waals surface area contributed by atoms with Crippen molar-refractivity contribution in [3.63, 3.8) is 0 Å². The number of nitrogens with one attached hydrogen (secondary N) is 1. The van der Waals surface area contributed by atoms with Crippen molar-refractivity contribution in [1.29, 1.82) is 0 Å². The van der Waals surface area contributed by atoms with Crippen molar-refractivity contribution < 1.29 is 27.5 Å². The summed E-state index contributed by atoms with van der Waals surface area (Å²) in [6.07, 6.45) is -0.172. The smallest absolute Gasteiger partial charge is 0.416 e. The van der Waals surface area contributed by atoms with Gasteiger partial charge in [-0.05, 0) is 49.6 Å². The standard InChI is InChI=1S/C20H20F3N3O3/c21-20(22,23)14-6-4-7-15(12-14)25-18-16(8-5-9-24-18)19(28)29-13-17(27)26-10-2-1-3-11-26/h4-9,12H,1-3,10-11,13H2,(H,24,25). The fourth-order valence-electron chi connectivity index (χ4n) is 3.02. The predicted octanol–water partition coefficient (Wildman–Crippen LogP) is 4.01. The molecule has 1 saturated heterocycles. The molecule has 154 valence electrons. The number of amides is 1. The number of likely N-dealkylation sites (tertiary alicyclic amines) is 1. The van der Waals surface area contributed by atoms with Gasteiger partial charge in [0.25, 0.3) is 5.91 Å². The summed E-state index contributed by atoms with van der Waals surface area (Å²) in [5, 5.41) is 2.71. The highest BCUT2D eigenvalue weighted by molar-refractivity contribution is 5.96. The number of anilines is 2. The maximum atomic E-state index is 12.9. The van der Waals surface area contributed by atoms with Gasteiger partial charge in [-0.1, -0.05) is 6.07 Å². The highest BCUT2D eigenvalue weighted by Crippen LogP contribution is 2.31. The third-order valence-electron chi connectivity index (χ3n) is 4.52. The Morgan fingerprint density at radius 2 is 1.86 bits per heavy atom. The Kier molecular flexibility index (Phi) is 6.36. The zero-order valence-electron chi connectivity index (χ0n) is 15.5. The Bertz CT molecular complexity index is 881. The molecule has 2 aromatic rings. The monoisotopic (exact) mass is 407 g/mol. The average Bonchev–Trinajstić information content (AvgIpc) is 2.72. The number of hydrogen-bond donors (Lipinski definition) is 1. The summed E-state index contributed by atoms with van der Waals surface area (Å²) < 4.78 is 43.8. The van der Waals surface area contributed by atoms with Gasteiger partial charge in [-0.25, -0.2) is 9.78 Å². The maximum Gasteiger partial charge on any atom is 0.416 e. The lowest BCUT2D eigenvalue weighted by Gasteiger charge is -2.26. The van der Waals surface area contributed by atoms with Crippen LogP contribution in [-0.2, 0) is 15.7 Å². The fraction of sp³-hybridized carbons (Fsp3) is 0.350. The van der Waals surface area contributed by atoms with E-state index in [1.165, 1.54) is 30.5 Å². The van der Waals surface area contributed by atoms with E-state index < -0.39 is 24.3 Å². The third kappa shape index (κ3) is 5.46. The van der Waals surface area contributed by atoms with Crippen molar-refractivity contribution >= 4 is 23.4 Å². The Labute approximate surface area is 165 Å². The summed E-state index contributed by atoms with van der Waals surface area (Å²) >= 11 is 0. The van der Waals surface area contributed by atoms with Gasteiger partial charge < -0.3 is 15.0 Å². The number of piperidine rings is 1. The number of carbonyl (C=O) groups is 2. The first-order valence-corrected chi connectivity index (χ1v) is 9.19. The first-order valence-electron chi connectivity index (χ1n) is 9.19. The lowest BCUT2D eigenvalue weighted by atomic mass is 10.1. The van der Waals surface area contributed by atoms with Gasteiger partial charge in [-0.15, -0.1) is 0 Å². The summed E-state index contributed by atoms with van der Waals surface area (Å²) in [6.45, 7) is 0.897. The number of alkyl halides is 3. The Hall–Kier alpha value is -3.10. The highest BCUT2D eigenvalue weighted by Gasteiger charge is 2.30. The topological polar surface area (TPSA) is 71.5 Å². The molecule has 0 radical (unpaired) electrons. The molecule has 1 fully saturated rings. The van der Waals surface area contributed by atoms with Crippen LogP contribution in [0.4, 0.5) is 24.7 Å². The third-order valence-corrected chi connectivity index (χ3v) is 4.52. The zero-order chi connectivity index (χ0) is 20.9. The van der Waals surface area contributed by atoms with E-state index in [4.69, 9.17) is 4.74 Å². The van der Waals surface area contributed by atoms with E-state index in [9.17, 15) is 22.8 Å². The Morgan fingerprint density at radius 1 is 1.10 bits per heavy atom. The minimum absolute atomic E-state index is 0.0244. The largest absolute Gasteiger partial charge is 0.452 e. The van der Waals surface area contributed by atoms with Crippen LogP contribution in [0.25, 0.3) is 0 Å². The molecule has 9 heteroatoms. The summed E-state index contributed by atoms with van der Waals surface area (Å²) in [7, 11) is 0. The van der Waals surface area contributed by atoms with E-state index in [2.05, 4.69) is 10.3 Å². The zero-order valence-corrected chi connectivity index (χ0v) is 15.5. The number of esters is 1. The van der Waals surface area contributed by atoms with Crippen LogP contribution in [0, 0.1) is 0 Å². The number of hydrogen-bond acceptors (Lipinski definition) is 5. The van der Waals surface area contributed by atoms with Crippen molar-refractivity contribution in [3.8, 4) is 0 Å². The van der Waals surface area contributed by atoms with Crippen LogP contribution in [0.15, 0.2) is 42.6 Å². The molecule has 0 unspecified atom stereocenters. The van der Waals surface area contributed by atoms with Gasteiger partial charge in [0.1, 0.15) is 11.4 Å². The second-order valence-electron chi connectivity index (χ2n) is 6.62. The lowest BCUT2D eigenvalue weighted by Crippen LogP contribution is -2.38. The molecule has 1 aliphatic heterocycles. The van der Waals surface area contributed by atoms with Gasteiger partial charge in [-0.3, -0.25) is 4.79 Å². The molecule has 1 amide bonds. The number of carbonyl (C=O) groups excluding carboxylic acids is 2. The van der Waals surface area contributed by atoms with E-state index >= 15 is 0 Å². The van der Waals surface area contributed by atoms with Gasteiger partial charge in [-0.2, -0.15) is 13.2 Å². The van der Waals surface area contributed by atoms with E-state index in [0.717, 1.165) is 31.4 Å². The van der Waals surface area contributed by atoms with Crippen LogP contribution in [0.3, 0.4) is 0 Å². The number of aromatic nitrogens is 1. The van der Waals surface area contributed by atoms with Crippen LogP contribution in [0.1, 0.15) is 35.2 Å². The number of benzene rings is 1. The number of halogens is 3. The lowest BCUT2D eigenvalue weighted by molar-refractivity contribution is -0.137. The summed E-state index contributed by atoms with van der Waals surface area (Å²) in [5.74, 6) is -1.01. The normalized spacial score (nSPS) is 14.4. The van der Waals surface area contributed by atoms with Gasteiger partial charge in [0, 0.05) is 25.0 Å². The molecule has 0 bridgehead atoms. The minimum Gasteiger partial charge on any atom is -0.452 e. The van der Waals surface area contributed by atoms with Crippen molar-refractivity contribution in [2.45, 2.75) is 25.4 Å². The van der Waals surface area contributed by atoms with E-state index in [1.54, 1.807) is 4.90 Å². The molecule has 1 aromatic carbocycles. The first-order chi connectivity index (χ1) is 13.8. The quantitative estimate of drug-likeness (QED) is 0.759. The molecule has 1 aliphatic rings. The molecule has 29 heavy (non-hydrogen) atoms. The first kappa shape index (κ1) is 20.6. The van der Waals surface area contributed by atoms with E-state index in [1.807, 2.05) is 0 Å². The average molecular weight is 407 g/mol. The molecule has 0 spiro atoms. The molecule has 0 saturated carbocycles. The molecular formula is C20H20F3N3O3. The van der Waals surface area contributed by atoms with E-state index in [0.29, 0.717) is 13.1 Å². The second-order valence-corrected chi connectivity index (χ2v) is 6.62. The van der Waals surface area contributed by atoms with Gasteiger partial charge in [0.15, 0.2) is 6.61 Å². The fourth-order valence-corrected chi connectivity index (χ4v) is 3.02. The number of rotatable bonds is 5. The number of nitrogens with zero attached hydrogens (tertiary/aromatic N) is 2. The Balaban J connectivity index is 1.68. The maximum absolute atomic E-state index is 12.9. The second kappa shape index (κ2) is 8.93. The van der Waals surface area contributed by atoms with Crippen molar-refractivity contribution in [3.05, 3.63) is 53.7 Å². The molecule has 0 atom stereocenters. The van der Waals surface area contributed by atoms with Gasteiger partial charge in [0.05, 0.1) is 5.56 Å². The van der Waals surface area contributed by atoms with Crippen LogP contribution >= 0.6 is 0 Å². The van der Waals surface area contributed by atoms with Crippen LogP contribution in [0.2, 0.25) is 0 Å². The van der Waals surface area contributed by atoms with Crippen LogP contribution in [0.5, 0.6) is 0 Å². The number of pyridine rings is 1. The SMILES string of the molecule is O=C(OCC(=O)N1CCCCC1)c1cccnc1Nc1cccc(C(F)(F)F)c1. The summed E-state index contributed by atoms with van der Waals surface area (Å²) in [4.78, 5) is 30.2. The van der Waals surface area contributed by atoms with Crippen molar-refractivity contribution in [1.82, 2.24) is 9.88 Å². The summed E-state index contributed by atoms with van der Waals surface area (Å²) in [5.41, 5.74) is -0.678. The van der Waals surface area contributed by atoms with Crippen molar-refractivity contribution in [2.75, 3.05) is 25.0 Å². The Morgan fingerprint density at radius 3 is 2.59 bits per heavy atom. The molecule has 2 heterocycles. The predicted molar refractivity (Wildman–Crippen MR) is 99.7 cm³/mol. The minimum atomic E-state index is -4.49. The van der Waals surface area contributed by atoms with Gasteiger partial charge >= 0.3 is 12.1 Å². The highest BCUT2D eigenvalue weighted by atomic mass is 19.4. The van der Waals surface area contributed by atoms with Crippen LogP contribution < -0.4 is 5.32 Å². The molecule has 1 aromatic heterocycles. The van der Waals surface area contributed by atoms with Crippen molar-refractivity contribution in [2.24, 2.45) is 0 Å². The molecule has 6 nitrogen and oxygen atoms in total. The molecular weight excluding hydrogens is 387 g/mol. The van der Waals surface area contributed by atoms with Gasteiger partial charge in [0.2, 0.25) is 0 Å².